The lowest BCUT2D eigenvalue weighted by atomic mass is 9.80. The number of aliphatic hydroxyl groups excluding tert-OH is 2. The Balaban J connectivity index is 1.88. The van der Waals surface area contributed by atoms with Crippen LogP contribution < -0.4 is 0 Å². The quantitative estimate of drug-likeness (QED) is 0.215. The predicted octanol–water partition coefficient (Wildman–Crippen LogP) is 5.07. The average molecular weight is 495 g/mol. The summed E-state index contributed by atoms with van der Waals surface area (Å²) in [5, 5.41) is 29.6. The number of thiophene rings is 1. The summed E-state index contributed by atoms with van der Waals surface area (Å²) in [7, 11) is 5.94. The lowest BCUT2D eigenvalue weighted by Gasteiger charge is -2.21. The maximum Gasteiger partial charge on any atom is 0.303 e. The van der Waals surface area contributed by atoms with E-state index in [1.807, 2.05) is 18.2 Å². The van der Waals surface area contributed by atoms with Gasteiger partial charge in [-0.15, -0.1) is 11.3 Å². The summed E-state index contributed by atoms with van der Waals surface area (Å²) in [5.41, 5.74) is 0. The van der Waals surface area contributed by atoms with Crippen LogP contribution in [0.4, 0.5) is 0 Å². The number of aryl methyl sites for hydroxylation is 2. The molecule has 30 heavy (non-hydrogen) atoms. The number of unbranched alkanes of at least 4 members (excludes halogenated alkanes) is 1. The highest BCUT2D eigenvalue weighted by Gasteiger charge is 2.39. The van der Waals surface area contributed by atoms with Gasteiger partial charge >= 0.3 is 5.97 Å². The number of carbonyl (C=O) groups is 1. The molecule has 0 aliphatic heterocycles. The maximum absolute atomic E-state index is 10.6. The van der Waals surface area contributed by atoms with Crippen molar-refractivity contribution in [2.75, 3.05) is 0 Å². The van der Waals surface area contributed by atoms with E-state index in [1.54, 1.807) is 11.3 Å². The number of aliphatic hydroxyl groups is 2. The van der Waals surface area contributed by atoms with E-state index in [1.165, 1.54) is 9.75 Å². The molecule has 1 aliphatic carbocycles. The lowest BCUT2D eigenvalue weighted by molar-refractivity contribution is -0.137. The van der Waals surface area contributed by atoms with Crippen LogP contribution in [-0.2, 0) is 11.2 Å². The number of allylic oxidation sites excluding steroid dienone is 3. The number of hydrogen-bond acceptors (Lipinski definition) is 4. The first-order chi connectivity index (χ1) is 14.3. The van der Waals surface area contributed by atoms with E-state index in [0.29, 0.717) is 25.6 Å². The molecule has 5 atom stereocenters. The SMILES string of the molecule is [B]C[C@@H]1CC(O)[C@H](C/C=C\CCCC(=O)O)[C@H]1C=C[C@@H](O)CCc1cc(Br)c(C)s1. The second kappa shape index (κ2) is 12.8. The topological polar surface area (TPSA) is 77.8 Å². The van der Waals surface area contributed by atoms with Crippen molar-refractivity contribution in [3.63, 3.8) is 0 Å². The Kier molecular flexibility index (Phi) is 10.9. The molecule has 1 unspecified atom stereocenters. The summed E-state index contributed by atoms with van der Waals surface area (Å²) in [5.74, 6) is -0.342. The van der Waals surface area contributed by atoms with Gasteiger partial charge in [-0.2, -0.15) is 0 Å². The van der Waals surface area contributed by atoms with E-state index in [2.05, 4.69) is 35.0 Å². The summed E-state index contributed by atoms with van der Waals surface area (Å²) in [4.78, 5) is 13.1. The molecule has 1 saturated carbocycles. The zero-order valence-corrected chi connectivity index (χ0v) is 19.9. The molecular formula is C23H32BBrO4S. The molecule has 1 fully saturated rings. The van der Waals surface area contributed by atoms with Crippen LogP contribution in [0.2, 0.25) is 6.32 Å². The van der Waals surface area contributed by atoms with Crippen LogP contribution in [0.5, 0.6) is 0 Å². The average Bonchev–Trinajstić information content (AvgIpc) is 3.19. The molecule has 0 bridgehead atoms. The Morgan fingerprint density at radius 2 is 2.20 bits per heavy atom. The molecule has 164 valence electrons. The fourth-order valence-corrected chi connectivity index (χ4v) is 5.76. The van der Waals surface area contributed by atoms with Gasteiger partial charge in [-0.05, 0) is 85.2 Å². The molecule has 0 amide bonds. The van der Waals surface area contributed by atoms with E-state index >= 15 is 0 Å². The van der Waals surface area contributed by atoms with Gasteiger partial charge in [-0.25, -0.2) is 0 Å². The first-order valence-electron chi connectivity index (χ1n) is 10.7. The lowest BCUT2D eigenvalue weighted by Crippen LogP contribution is -2.19. The number of aliphatic carboxylic acids is 1. The molecule has 1 aromatic heterocycles. The minimum absolute atomic E-state index is 0.0774. The molecule has 0 saturated heterocycles. The maximum atomic E-state index is 10.6. The zero-order chi connectivity index (χ0) is 22.1. The Labute approximate surface area is 193 Å². The molecule has 0 aromatic carbocycles. The Morgan fingerprint density at radius 3 is 2.83 bits per heavy atom. The second-order valence-electron chi connectivity index (χ2n) is 8.14. The summed E-state index contributed by atoms with van der Waals surface area (Å²) >= 11 is 5.28. The monoisotopic (exact) mass is 494 g/mol. The highest BCUT2D eigenvalue weighted by molar-refractivity contribution is 9.10. The van der Waals surface area contributed by atoms with Crippen LogP contribution in [-0.4, -0.2) is 41.3 Å². The van der Waals surface area contributed by atoms with Crippen LogP contribution in [0, 0.1) is 24.7 Å². The van der Waals surface area contributed by atoms with Crippen molar-refractivity contribution in [1.82, 2.24) is 0 Å². The number of rotatable bonds is 12. The van der Waals surface area contributed by atoms with Crippen molar-refractivity contribution in [2.24, 2.45) is 17.8 Å². The van der Waals surface area contributed by atoms with E-state index < -0.39 is 18.2 Å². The van der Waals surface area contributed by atoms with Crippen LogP contribution in [0.3, 0.4) is 0 Å². The van der Waals surface area contributed by atoms with Gasteiger partial charge in [0.25, 0.3) is 0 Å². The standard InChI is InChI=1S/C23H32BBrO4S/c1-15-21(25)13-18(30-15)10-8-17(26)9-11-19-16(14-24)12-22(27)20(19)6-4-2-3-5-7-23(28)29/h2,4,9,11,13,16-17,19-20,22,26-27H,3,5-8,10,12,14H2,1H3,(H,28,29)/b4-2-,11-9?/t16-,17-,19-,20+,22?/m0/s1. The fraction of sp³-hybridized carbons (Fsp3) is 0.609. The van der Waals surface area contributed by atoms with Crippen molar-refractivity contribution >= 4 is 41.1 Å². The zero-order valence-electron chi connectivity index (χ0n) is 17.5. The van der Waals surface area contributed by atoms with Gasteiger partial charge in [0, 0.05) is 20.6 Å². The largest absolute Gasteiger partial charge is 0.481 e. The van der Waals surface area contributed by atoms with Gasteiger partial charge in [-0.1, -0.05) is 30.6 Å². The summed E-state index contributed by atoms with van der Waals surface area (Å²) < 4.78 is 1.12. The van der Waals surface area contributed by atoms with Crippen molar-refractivity contribution in [2.45, 2.75) is 70.4 Å². The summed E-state index contributed by atoms with van der Waals surface area (Å²) in [6.45, 7) is 2.08. The third-order valence-corrected chi connectivity index (χ3v) is 8.06. The second-order valence-corrected chi connectivity index (χ2v) is 10.3. The van der Waals surface area contributed by atoms with Gasteiger partial charge < -0.3 is 15.3 Å². The molecule has 1 aliphatic rings. The van der Waals surface area contributed by atoms with E-state index in [9.17, 15) is 15.0 Å². The van der Waals surface area contributed by atoms with E-state index in [0.717, 1.165) is 23.7 Å². The molecule has 3 N–H and O–H groups in total. The Morgan fingerprint density at radius 1 is 1.43 bits per heavy atom. The molecule has 2 radical (unpaired) electrons. The number of halogens is 1. The molecule has 1 heterocycles. The molecular weight excluding hydrogens is 463 g/mol. The van der Waals surface area contributed by atoms with E-state index in [4.69, 9.17) is 13.0 Å². The van der Waals surface area contributed by atoms with E-state index in [-0.39, 0.29) is 24.2 Å². The number of hydrogen-bond donors (Lipinski definition) is 3. The fourth-order valence-electron chi connectivity index (χ4n) is 4.14. The van der Waals surface area contributed by atoms with Crippen molar-refractivity contribution in [3.05, 3.63) is 44.6 Å². The minimum atomic E-state index is -0.772. The normalized spacial score (nSPS) is 25.5. The highest BCUT2D eigenvalue weighted by atomic mass is 79.9. The van der Waals surface area contributed by atoms with Gasteiger partial charge in [0.2, 0.25) is 0 Å². The molecule has 4 nitrogen and oxygen atoms in total. The summed E-state index contributed by atoms with van der Waals surface area (Å²) in [6, 6.07) is 2.12. The minimum Gasteiger partial charge on any atom is -0.481 e. The van der Waals surface area contributed by atoms with Gasteiger partial charge in [-0.3, -0.25) is 4.79 Å². The third-order valence-electron chi connectivity index (χ3n) is 5.87. The first kappa shape index (κ1) is 25.4. The van der Waals surface area contributed by atoms with Crippen molar-refractivity contribution < 1.29 is 20.1 Å². The highest BCUT2D eigenvalue weighted by Crippen LogP contribution is 2.42. The molecule has 0 spiro atoms. The Bertz CT molecular complexity index is 713. The Hall–Kier alpha value is -0.885. The van der Waals surface area contributed by atoms with Crippen LogP contribution in [0.1, 0.15) is 48.3 Å². The number of carboxylic acids is 1. The van der Waals surface area contributed by atoms with Crippen LogP contribution >= 0.6 is 27.3 Å². The first-order valence-corrected chi connectivity index (χ1v) is 12.3. The van der Waals surface area contributed by atoms with Gasteiger partial charge in [0.1, 0.15) is 0 Å². The third kappa shape index (κ3) is 7.99. The predicted molar refractivity (Wildman–Crippen MR) is 127 cm³/mol. The number of carboxylic acid groups (broad SMARTS) is 1. The molecule has 1 aromatic rings. The molecule has 2 rings (SSSR count). The van der Waals surface area contributed by atoms with Crippen molar-refractivity contribution in [3.8, 4) is 0 Å². The van der Waals surface area contributed by atoms with Gasteiger partial charge in [0.05, 0.1) is 20.1 Å². The van der Waals surface area contributed by atoms with Crippen LogP contribution in [0.25, 0.3) is 0 Å². The molecule has 7 heteroatoms. The van der Waals surface area contributed by atoms with Crippen molar-refractivity contribution in [1.29, 1.82) is 0 Å². The van der Waals surface area contributed by atoms with Crippen LogP contribution in [0.15, 0.2) is 34.8 Å². The summed E-state index contributed by atoms with van der Waals surface area (Å²) in [6.07, 6.45) is 12.0. The smallest absolute Gasteiger partial charge is 0.303 e. The van der Waals surface area contributed by atoms with Gasteiger partial charge in [0.15, 0.2) is 0 Å².